The fourth-order valence-electron chi connectivity index (χ4n) is 1.39. The largest absolute Gasteiger partial charge is 0.490 e. The first-order valence-electron chi connectivity index (χ1n) is 4.54. The van der Waals surface area contributed by atoms with Crippen molar-refractivity contribution in [3.63, 3.8) is 0 Å². The maximum Gasteiger partial charge on any atom is 0.329 e. The summed E-state index contributed by atoms with van der Waals surface area (Å²) < 4.78 is 5.22. The second kappa shape index (κ2) is 4.02. The van der Waals surface area contributed by atoms with Crippen molar-refractivity contribution in [1.29, 1.82) is 0 Å². The van der Waals surface area contributed by atoms with Gasteiger partial charge >= 0.3 is 5.97 Å². The number of hydrogen-bond donors (Lipinski definition) is 2. The molecule has 1 aliphatic heterocycles. The van der Waals surface area contributed by atoms with Crippen molar-refractivity contribution in [2.45, 2.75) is 6.04 Å². The van der Waals surface area contributed by atoms with Crippen molar-refractivity contribution in [3.8, 4) is 5.75 Å². The van der Waals surface area contributed by atoms with Crippen LogP contribution < -0.4 is 10.1 Å². The summed E-state index contributed by atoms with van der Waals surface area (Å²) in [5.41, 5.74) is 0.247. The van der Waals surface area contributed by atoms with Crippen LogP contribution in [0.4, 0.5) is 0 Å². The average molecular weight is 242 g/mol. The topological polar surface area (TPSA) is 75.6 Å². The van der Waals surface area contributed by atoms with Crippen LogP contribution in [0, 0.1) is 0 Å². The number of ether oxygens (including phenoxy) is 1. The number of fused-ring (bicyclic) bond motifs is 1. The van der Waals surface area contributed by atoms with Crippen molar-refractivity contribution in [1.82, 2.24) is 5.32 Å². The Hall–Kier alpha value is -1.75. The molecule has 0 saturated carbocycles. The normalized spacial score (nSPS) is 19.1. The van der Waals surface area contributed by atoms with Crippen LogP contribution in [0.15, 0.2) is 18.2 Å². The lowest BCUT2D eigenvalue weighted by atomic mass is 10.2. The summed E-state index contributed by atoms with van der Waals surface area (Å²) in [5, 5.41) is 11.5. The van der Waals surface area contributed by atoms with Gasteiger partial charge in [0.25, 0.3) is 5.91 Å². The lowest BCUT2D eigenvalue weighted by molar-refractivity contribution is -0.139. The van der Waals surface area contributed by atoms with E-state index in [1.807, 2.05) is 0 Å². The van der Waals surface area contributed by atoms with Crippen LogP contribution in [-0.4, -0.2) is 29.6 Å². The third-order valence-corrected chi connectivity index (χ3v) is 2.43. The van der Waals surface area contributed by atoms with E-state index in [-0.39, 0.29) is 12.2 Å². The van der Waals surface area contributed by atoms with Crippen molar-refractivity contribution in [3.05, 3.63) is 28.8 Å². The van der Waals surface area contributed by atoms with Gasteiger partial charge in [-0.15, -0.1) is 0 Å². The molecule has 16 heavy (non-hydrogen) atoms. The molecule has 0 fully saturated rings. The molecule has 1 aromatic rings. The molecule has 1 amide bonds. The zero-order valence-corrected chi connectivity index (χ0v) is 8.82. The van der Waals surface area contributed by atoms with Crippen LogP contribution in [0.5, 0.6) is 5.75 Å². The second-order valence-corrected chi connectivity index (χ2v) is 3.75. The molecule has 0 spiro atoms. The fraction of sp³-hybridized carbons (Fsp3) is 0.200. The molecule has 0 radical (unpaired) electrons. The van der Waals surface area contributed by atoms with Gasteiger partial charge in [0.05, 0.1) is 5.56 Å². The van der Waals surface area contributed by atoms with Crippen molar-refractivity contribution in [2.24, 2.45) is 0 Å². The van der Waals surface area contributed by atoms with Crippen LogP contribution in [-0.2, 0) is 4.79 Å². The highest BCUT2D eigenvalue weighted by atomic mass is 35.5. The molecule has 6 heteroatoms. The Balaban J connectivity index is 2.36. The minimum absolute atomic E-state index is 0.101. The van der Waals surface area contributed by atoms with Gasteiger partial charge in [0, 0.05) is 5.02 Å². The first-order chi connectivity index (χ1) is 7.58. The Bertz CT molecular complexity index is 460. The first-order valence-corrected chi connectivity index (χ1v) is 4.92. The number of aliphatic carboxylic acids is 1. The van der Waals surface area contributed by atoms with Crippen LogP contribution in [0.2, 0.25) is 5.02 Å². The van der Waals surface area contributed by atoms with Crippen molar-refractivity contribution in [2.75, 3.05) is 6.61 Å². The highest BCUT2D eigenvalue weighted by molar-refractivity contribution is 6.31. The maximum absolute atomic E-state index is 11.7. The molecule has 2 N–H and O–H groups in total. The van der Waals surface area contributed by atoms with Crippen LogP contribution in [0.25, 0.3) is 0 Å². The van der Waals surface area contributed by atoms with Crippen molar-refractivity contribution >= 4 is 23.5 Å². The number of carboxylic acids is 1. The molecule has 0 bridgehead atoms. The van der Waals surface area contributed by atoms with E-state index < -0.39 is 17.9 Å². The van der Waals surface area contributed by atoms with Gasteiger partial charge in [-0.25, -0.2) is 4.79 Å². The Morgan fingerprint density at radius 2 is 2.31 bits per heavy atom. The molecule has 0 aromatic heterocycles. The van der Waals surface area contributed by atoms with Crippen molar-refractivity contribution < 1.29 is 19.4 Å². The molecule has 2 rings (SSSR count). The monoisotopic (exact) mass is 241 g/mol. The van der Waals surface area contributed by atoms with E-state index >= 15 is 0 Å². The fourth-order valence-corrected chi connectivity index (χ4v) is 1.56. The van der Waals surface area contributed by atoms with Gasteiger partial charge in [-0.3, -0.25) is 4.79 Å². The van der Waals surface area contributed by atoms with Gasteiger partial charge in [0.2, 0.25) is 0 Å². The Morgan fingerprint density at radius 3 is 3.00 bits per heavy atom. The molecular formula is C10H8ClNO4. The summed E-state index contributed by atoms with van der Waals surface area (Å²) in [6, 6.07) is 3.52. The summed E-state index contributed by atoms with van der Waals surface area (Å²) in [6.45, 7) is -0.101. The zero-order chi connectivity index (χ0) is 11.7. The third kappa shape index (κ3) is 1.94. The molecule has 1 atom stereocenters. The SMILES string of the molecule is O=C1NC(C(=O)O)COc2ccc(Cl)cc21. The smallest absolute Gasteiger partial charge is 0.329 e. The van der Waals surface area contributed by atoms with E-state index in [4.69, 9.17) is 21.4 Å². The lowest BCUT2D eigenvalue weighted by Gasteiger charge is -2.09. The number of rotatable bonds is 1. The number of carboxylic acid groups (broad SMARTS) is 1. The molecular weight excluding hydrogens is 234 g/mol. The number of carbonyl (C=O) groups is 2. The lowest BCUT2D eigenvalue weighted by Crippen LogP contribution is -2.42. The van der Waals surface area contributed by atoms with Crippen LogP contribution >= 0.6 is 11.6 Å². The zero-order valence-electron chi connectivity index (χ0n) is 8.07. The highest BCUT2D eigenvalue weighted by Crippen LogP contribution is 2.24. The number of amides is 1. The molecule has 1 heterocycles. The van der Waals surface area contributed by atoms with Gasteiger partial charge in [-0.05, 0) is 18.2 Å². The van der Waals surface area contributed by atoms with E-state index in [0.717, 1.165) is 0 Å². The van der Waals surface area contributed by atoms with Gasteiger partial charge in [0.1, 0.15) is 12.4 Å². The van der Waals surface area contributed by atoms with E-state index in [1.54, 1.807) is 12.1 Å². The standard InChI is InChI=1S/C10H8ClNO4/c11-5-1-2-8-6(3-5)9(13)12-7(4-16-8)10(14)15/h1-3,7H,4H2,(H,12,13)(H,14,15). The third-order valence-electron chi connectivity index (χ3n) is 2.20. The summed E-state index contributed by atoms with van der Waals surface area (Å²) >= 11 is 5.74. The number of hydrogen-bond acceptors (Lipinski definition) is 3. The molecule has 1 aromatic carbocycles. The summed E-state index contributed by atoms with van der Waals surface area (Å²) in [7, 11) is 0. The predicted octanol–water partition coefficient (Wildman–Crippen LogP) is 0.915. The molecule has 84 valence electrons. The number of halogens is 1. The Labute approximate surface area is 96.0 Å². The summed E-state index contributed by atoms with van der Waals surface area (Å²) in [4.78, 5) is 22.4. The van der Waals surface area contributed by atoms with E-state index in [0.29, 0.717) is 10.8 Å². The Morgan fingerprint density at radius 1 is 1.56 bits per heavy atom. The van der Waals surface area contributed by atoms with Crippen LogP contribution in [0.3, 0.4) is 0 Å². The minimum atomic E-state index is -1.13. The molecule has 1 unspecified atom stereocenters. The number of carbonyl (C=O) groups excluding carboxylic acids is 1. The highest BCUT2D eigenvalue weighted by Gasteiger charge is 2.27. The number of nitrogens with one attached hydrogen (secondary N) is 1. The molecule has 0 saturated heterocycles. The van der Waals surface area contributed by atoms with Crippen LogP contribution in [0.1, 0.15) is 10.4 Å². The number of benzene rings is 1. The molecule has 5 nitrogen and oxygen atoms in total. The quantitative estimate of drug-likeness (QED) is 0.767. The van der Waals surface area contributed by atoms with Gasteiger partial charge in [0.15, 0.2) is 6.04 Å². The van der Waals surface area contributed by atoms with E-state index in [1.165, 1.54) is 6.07 Å². The summed E-state index contributed by atoms with van der Waals surface area (Å²) in [5.74, 6) is -1.29. The minimum Gasteiger partial charge on any atom is -0.490 e. The molecule has 0 aliphatic carbocycles. The van der Waals surface area contributed by atoms with Gasteiger partial charge in [-0.1, -0.05) is 11.6 Å². The van der Waals surface area contributed by atoms with Gasteiger partial charge in [-0.2, -0.15) is 0 Å². The maximum atomic E-state index is 11.7. The van der Waals surface area contributed by atoms with E-state index in [2.05, 4.69) is 5.32 Å². The molecule has 1 aliphatic rings. The first kappa shape index (κ1) is 10.8. The second-order valence-electron chi connectivity index (χ2n) is 3.32. The summed E-state index contributed by atoms with van der Waals surface area (Å²) in [6.07, 6.45) is 0. The van der Waals surface area contributed by atoms with Gasteiger partial charge < -0.3 is 15.2 Å². The van der Waals surface area contributed by atoms with E-state index in [9.17, 15) is 9.59 Å². The predicted molar refractivity (Wildman–Crippen MR) is 55.8 cm³/mol. The average Bonchev–Trinajstić information content (AvgIpc) is 2.39. The Kier molecular flexibility index (Phi) is 2.70.